The molecule has 100 valence electrons. The van der Waals surface area contributed by atoms with Gasteiger partial charge in [-0.05, 0) is 24.3 Å². The standard InChI is InChI=1S/C16H12F2N2/c17-11-5-3-6-12(18)15(11)16(19)14-9-8-10-4-1-2-7-13(10)20-14/h1-9,16H,19H2. The van der Waals surface area contributed by atoms with Crippen molar-refractivity contribution in [2.24, 2.45) is 5.73 Å². The Morgan fingerprint density at radius 2 is 1.55 bits per heavy atom. The molecule has 3 aromatic rings. The van der Waals surface area contributed by atoms with Gasteiger partial charge >= 0.3 is 0 Å². The number of pyridine rings is 1. The molecule has 3 rings (SSSR count). The van der Waals surface area contributed by atoms with Crippen LogP contribution in [0.3, 0.4) is 0 Å². The summed E-state index contributed by atoms with van der Waals surface area (Å²) >= 11 is 0. The van der Waals surface area contributed by atoms with Gasteiger partial charge in [-0.3, -0.25) is 4.98 Å². The fourth-order valence-electron chi connectivity index (χ4n) is 2.21. The molecule has 1 heterocycles. The number of aromatic nitrogens is 1. The second kappa shape index (κ2) is 4.98. The third kappa shape index (κ3) is 2.14. The molecule has 0 aliphatic carbocycles. The number of benzene rings is 2. The smallest absolute Gasteiger partial charge is 0.131 e. The van der Waals surface area contributed by atoms with Crippen molar-refractivity contribution in [2.75, 3.05) is 0 Å². The lowest BCUT2D eigenvalue weighted by molar-refractivity contribution is 0.541. The number of rotatable bonds is 2. The molecule has 2 N–H and O–H groups in total. The number of para-hydroxylation sites is 1. The van der Waals surface area contributed by atoms with Crippen LogP contribution in [0.2, 0.25) is 0 Å². The van der Waals surface area contributed by atoms with Crippen molar-refractivity contribution in [3.63, 3.8) is 0 Å². The highest BCUT2D eigenvalue weighted by Crippen LogP contribution is 2.25. The minimum absolute atomic E-state index is 0.157. The Labute approximate surface area is 114 Å². The maximum Gasteiger partial charge on any atom is 0.131 e. The van der Waals surface area contributed by atoms with Crippen LogP contribution in [0.15, 0.2) is 54.6 Å². The lowest BCUT2D eigenvalue weighted by atomic mass is 10.0. The first-order valence-corrected chi connectivity index (χ1v) is 6.22. The molecule has 4 heteroatoms. The molecular weight excluding hydrogens is 258 g/mol. The zero-order valence-electron chi connectivity index (χ0n) is 10.6. The molecule has 0 amide bonds. The van der Waals surface area contributed by atoms with Gasteiger partial charge in [-0.2, -0.15) is 0 Å². The van der Waals surface area contributed by atoms with E-state index in [0.29, 0.717) is 5.69 Å². The molecule has 0 fully saturated rings. The van der Waals surface area contributed by atoms with E-state index in [1.165, 1.54) is 18.2 Å². The molecule has 0 radical (unpaired) electrons. The number of hydrogen-bond acceptors (Lipinski definition) is 2. The lowest BCUT2D eigenvalue weighted by Gasteiger charge is -2.14. The zero-order valence-corrected chi connectivity index (χ0v) is 10.6. The van der Waals surface area contributed by atoms with E-state index in [9.17, 15) is 8.78 Å². The highest BCUT2D eigenvalue weighted by Gasteiger charge is 2.19. The number of fused-ring (bicyclic) bond motifs is 1. The van der Waals surface area contributed by atoms with Crippen molar-refractivity contribution < 1.29 is 8.78 Å². The molecule has 1 aromatic heterocycles. The highest BCUT2D eigenvalue weighted by atomic mass is 19.1. The monoisotopic (exact) mass is 270 g/mol. The minimum Gasteiger partial charge on any atom is -0.319 e. The lowest BCUT2D eigenvalue weighted by Crippen LogP contribution is -2.17. The van der Waals surface area contributed by atoms with E-state index in [1.807, 2.05) is 30.3 Å². The number of halogens is 2. The number of nitrogens with zero attached hydrogens (tertiary/aromatic N) is 1. The van der Waals surface area contributed by atoms with Gasteiger partial charge < -0.3 is 5.73 Å². The van der Waals surface area contributed by atoms with Crippen LogP contribution in [-0.4, -0.2) is 4.98 Å². The molecule has 0 saturated carbocycles. The van der Waals surface area contributed by atoms with Gasteiger partial charge in [0.05, 0.1) is 17.3 Å². The normalized spacial score (nSPS) is 12.6. The number of nitrogens with two attached hydrogens (primary N) is 1. The van der Waals surface area contributed by atoms with Crippen molar-refractivity contribution in [3.05, 3.63) is 77.5 Å². The number of hydrogen-bond donors (Lipinski definition) is 1. The van der Waals surface area contributed by atoms with Crippen LogP contribution in [0.4, 0.5) is 8.78 Å². The molecule has 1 atom stereocenters. The molecule has 0 bridgehead atoms. The molecule has 0 saturated heterocycles. The fourth-order valence-corrected chi connectivity index (χ4v) is 2.21. The van der Waals surface area contributed by atoms with Crippen molar-refractivity contribution in [3.8, 4) is 0 Å². The van der Waals surface area contributed by atoms with Gasteiger partial charge in [0.15, 0.2) is 0 Å². The molecule has 2 aromatic carbocycles. The first-order chi connectivity index (χ1) is 9.66. The van der Waals surface area contributed by atoms with Crippen LogP contribution in [0, 0.1) is 11.6 Å². The average Bonchev–Trinajstić information content (AvgIpc) is 2.46. The maximum atomic E-state index is 13.8. The molecule has 20 heavy (non-hydrogen) atoms. The van der Waals surface area contributed by atoms with Gasteiger partial charge in [0.25, 0.3) is 0 Å². The summed E-state index contributed by atoms with van der Waals surface area (Å²) < 4.78 is 27.5. The van der Waals surface area contributed by atoms with E-state index in [0.717, 1.165) is 10.9 Å². The van der Waals surface area contributed by atoms with Gasteiger partial charge in [-0.15, -0.1) is 0 Å². The third-order valence-electron chi connectivity index (χ3n) is 3.25. The van der Waals surface area contributed by atoms with Crippen LogP contribution >= 0.6 is 0 Å². The largest absolute Gasteiger partial charge is 0.319 e. The Morgan fingerprint density at radius 1 is 0.850 bits per heavy atom. The van der Waals surface area contributed by atoms with Crippen LogP contribution in [-0.2, 0) is 0 Å². The van der Waals surface area contributed by atoms with Gasteiger partial charge in [-0.25, -0.2) is 8.78 Å². The van der Waals surface area contributed by atoms with Gasteiger partial charge in [0.1, 0.15) is 11.6 Å². The Balaban J connectivity index is 2.10. The molecule has 0 spiro atoms. The van der Waals surface area contributed by atoms with Crippen LogP contribution in [0.25, 0.3) is 10.9 Å². The Kier molecular flexibility index (Phi) is 3.16. The highest BCUT2D eigenvalue weighted by molar-refractivity contribution is 5.78. The van der Waals surface area contributed by atoms with Gasteiger partial charge in [0.2, 0.25) is 0 Å². The van der Waals surface area contributed by atoms with E-state index in [4.69, 9.17) is 5.73 Å². The van der Waals surface area contributed by atoms with E-state index < -0.39 is 17.7 Å². The van der Waals surface area contributed by atoms with E-state index >= 15 is 0 Å². The quantitative estimate of drug-likeness (QED) is 0.773. The predicted molar refractivity (Wildman–Crippen MR) is 74.1 cm³/mol. The van der Waals surface area contributed by atoms with E-state index in [-0.39, 0.29) is 5.56 Å². The van der Waals surface area contributed by atoms with Crippen molar-refractivity contribution in [1.29, 1.82) is 0 Å². The Bertz CT molecular complexity index is 751. The molecule has 1 unspecified atom stereocenters. The third-order valence-corrected chi connectivity index (χ3v) is 3.25. The van der Waals surface area contributed by atoms with Crippen molar-refractivity contribution in [2.45, 2.75) is 6.04 Å². The minimum atomic E-state index is -0.930. The van der Waals surface area contributed by atoms with Crippen LogP contribution in [0.1, 0.15) is 17.3 Å². The maximum absolute atomic E-state index is 13.8. The summed E-state index contributed by atoms with van der Waals surface area (Å²) in [6.07, 6.45) is 0. The summed E-state index contributed by atoms with van der Waals surface area (Å²) in [5.74, 6) is -1.32. The summed E-state index contributed by atoms with van der Waals surface area (Å²) in [5, 5.41) is 0.956. The topological polar surface area (TPSA) is 38.9 Å². The second-order valence-electron chi connectivity index (χ2n) is 4.54. The van der Waals surface area contributed by atoms with E-state index in [1.54, 1.807) is 6.07 Å². The fraction of sp³-hybridized carbons (Fsp3) is 0.0625. The summed E-state index contributed by atoms with van der Waals surface area (Å²) in [6, 6.07) is 13.8. The summed E-state index contributed by atoms with van der Waals surface area (Å²) in [4.78, 5) is 4.38. The Morgan fingerprint density at radius 3 is 2.30 bits per heavy atom. The molecule has 0 aliphatic heterocycles. The predicted octanol–water partition coefficient (Wildman–Crippen LogP) is 3.56. The van der Waals surface area contributed by atoms with Crippen molar-refractivity contribution >= 4 is 10.9 Å². The summed E-state index contributed by atoms with van der Waals surface area (Å²) in [5.41, 5.74) is 6.99. The second-order valence-corrected chi connectivity index (χ2v) is 4.54. The van der Waals surface area contributed by atoms with Crippen LogP contribution < -0.4 is 5.73 Å². The Hall–Kier alpha value is -2.33. The SMILES string of the molecule is NC(c1ccc2ccccc2n1)c1c(F)cccc1F. The van der Waals surface area contributed by atoms with Gasteiger partial charge in [-0.1, -0.05) is 30.3 Å². The van der Waals surface area contributed by atoms with Crippen molar-refractivity contribution in [1.82, 2.24) is 4.98 Å². The molecule has 0 aliphatic rings. The summed E-state index contributed by atoms with van der Waals surface area (Å²) in [6.45, 7) is 0. The first-order valence-electron chi connectivity index (χ1n) is 6.22. The van der Waals surface area contributed by atoms with Gasteiger partial charge in [0, 0.05) is 10.9 Å². The molecule has 2 nitrogen and oxygen atoms in total. The molecular formula is C16H12F2N2. The van der Waals surface area contributed by atoms with E-state index in [2.05, 4.69) is 4.98 Å². The van der Waals surface area contributed by atoms with Crippen LogP contribution in [0.5, 0.6) is 0 Å². The first kappa shape index (κ1) is 12.7. The average molecular weight is 270 g/mol. The zero-order chi connectivity index (χ0) is 14.1. The summed E-state index contributed by atoms with van der Waals surface area (Å²) in [7, 11) is 0.